The third-order valence-corrected chi connectivity index (χ3v) is 5.52. The van der Waals surface area contributed by atoms with E-state index in [0.29, 0.717) is 5.56 Å². The highest BCUT2D eigenvalue weighted by atomic mass is 16.5. The number of aromatic nitrogens is 1. The van der Waals surface area contributed by atoms with Crippen LogP contribution in [0.3, 0.4) is 0 Å². The van der Waals surface area contributed by atoms with E-state index in [9.17, 15) is 9.59 Å². The van der Waals surface area contributed by atoms with Crippen LogP contribution in [0.4, 0.5) is 10.5 Å². The van der Waals surface area contributed by atoms with Crippen molar-refractivity contribution in [1.82, 2.24) is 9.88 Å². The maximum Gasteiger partial charge on any atom is 0.322 e. The number of nitrogens with zero attached hydrogens (tertiary/aromatic N) is 1. The summed E-state index contributed by atoms with van der Waals surface area (Å²) >= 11 is 0. The minimum absolute atomic E-state index is 0.138. The molecule has 0 saturated heterocycles. The molecule has 1 aliphatic rings. The van der Waals surface area contributed by atoms with E-state index in [4.69, 9.17) is 4.74 Å². The number of anilines is 1. The Balaban J connectivity index is 1.64. The van der Waals surface area contributed by atoms with Crippen molar-refractivity contribution in [2.24, 2.45) is 0 Å². The number of methoxy groups -OCH3 is 1. The van der Waals surface area contributed by atoms with Crippen molar-refractivity contribution < 1.29 is 9.53 Å². The molecule has 0 unspecified atom stereocenters. The number of rotatable bonds is 5. The number of hydrogen-bond donors (Lipinski definition) is 2. The molecule has 2 aromatic carbocycles. The molecule has 1 fully saturated rings. The van der Waals surface area contributed by atoms with Crippen LogP contribution in [0, 0.1) is 0 Å². The van der Waals surface area contributed by atoms with Crippen molar-refractivity contribution in [3.8, 4) is 5.75 Å². The number of ether oxygens (including phenoxy) is 1. The second-order valence-corrected chi connectivity index (χ2v) is 7.44. The van der Waals surface area contributed by atoms with Crippen molar-refractivity contribution in [1.29, 1.82) is 0 Å². The standard InChI is InChI=1S/C23H25N3O3/c1-29-20-11-12-21-16(14-20)13-17(22(27)25-21)15-26(19-9-5-6-10-19)23(28)24-18-7-3-2-4-8-18/h2-4,7-8,11-14,19H,5-6,9-10,15H2,1H3,(H,24,28)(H,25,27). The molecule has 0 atom stereocenters. The quantitative estimate of drug-likeness (QED) is 0.672. The molecule has 2 amide bonds. The van der Waals surface area contributed by atoms with Crippen LogP contribution in [-0.2, 0) is 6.54 Å². The first-order valence-electron chi connectivity index (χ1n) is 9.96. The van der Waals surface area contributed by atoms with Crippen molar-refractivity contribution in [3.63, 3.8) is 0 Å². The van der Waals surface area contributed by atoms with E-state index < -0.39 is 0 Å². The van der Waals surface area contributed by atoms with Crippen LogP contribution in [0.5, 0.6) is 5.75 Å². The molecule has 0 aliphatic heterocycles. The molecule has 6 nitrogen and oxygen atoms in total. The van der Waals surface area contributed by atoms with Gasteiger partial charge in [-0.2, -0.15) is 0 Å². The Labute approximate surface area is 169 Å². The number of carbonyl (C=O) groups excluding carboxylic acids is 1. The number of nitrogens with one attached hydrogen (secondary N) is 2. The second kappa shape index (κ2) is 8.39. The highest BCUT2D eigenvalue weighted by Gasteiger charge is 2.27. The first-order valence-corrected chi connectivity index (χ1v) is 9.96. The Bertz CT molecular complexity index is 1060. The van der Waals surface area contributed by atoms with Gasteiger partial charge in [0.25, 0.3) is 5.56 Å². The second-order valence-electron chi connectivity index (χ2n) is 7.44. The van der Waals surface area contributed by atoms with Gasteiger partial charge in [-0.15, -0.1) is 0 Å². The van der Waals surface area contributed by atoms with E-state index in [1.165, 1.54) is 0 Å². The lowest BCUT2D eigenvalue weighted by molar-refractivity contribution is 0.184. The predicted molar refractivity (Wildman–Crippen MR) is 114 cm³/mol. The Hall–Kier alpha value is -3.28. The van der Waals surface area contributed by atoms with E-state index in [2.05, 4.69) is 10.3 Å². The molecule has 29 heavy (non-hydrogen) atoms. The lowest BCUT2D eigenvalue weighted by Crippen LogP contribution is -2.42. The number of carbonyl (C=O) groups is 1. The van der Waals surface area contributed by atoms with Gasteiger partial charge in [-0.1, -0.05) is 31.0 Å². The number of aromatic amines is 1. The molecular formula is C23H25N3O3. The number of H-pyrrole nitrogens is 1. The molecule has 1 aromatic heterocycles. The maximum atomic E-state index is 13.1. The molecule has 0 spiro atoms. The summed E-state index contributed by atoms with van der Waals surface area (Å²) in [6, 6.07) is 16.8. The number of hydrogen-bond acceptors (Lipinski definition) is 3. The van der Waals surface area contributed by atoms with Gasteiger partial charge >= 0.3 is 6.03 Å². The summed E-state index contributed by atoms with van der Waals surface area (Å²) in [4.78, 5) is 30.5. The van der Waals surface area contributed by atoms with Crippen LogP contribution in [-0.4, -0.2) is 29.1 Å². The van der Waals surface area contributed by atoms with Gasteiger partial charge < -0.3 is 19.9 Å². The summed E-state index contributed by atoms with van der Waals surface area (Å²) in [5.41, 5.74) is 1.90. The summed E-state index contributed by atoms with van der Waals surface area (Å²) < 4.78 is 5.29. The highest BCUT2D eigenvalue weighted by molar-refractivity contribution is 5.89. The van der Waals surface area contributed by atoms with Crippen LogP contribution < -0.4 is 15.6 Å². The number of amides is 2. The fraction of sp³-hybridized carbons (Fsp3) is 0.304. The summed E-state index contributed by atoms with van der Waals surface area (Å²) in [6.45, 7) is 0.270. The molecule has 1 heterocycles. The molecule has 3 aromatic rings. The van der Waals surface area contributed by atoms with Gasteiger partial charge in [-0.3, -0.25) is 4.79 Å². The van der Waals surface area contributed by atoms with Gasteiger partial charge in [0.05, 0.1) is 13.7 Å². The summed E-state index contributed by atoms with van der Waals surface area (Å²) in [5.74, 6) is 0.727. The third kappa shape index (κ3) is 4.26. The first kappa shape index (κ1) is 19.1. The summed E-state index contributed by atoms with van der Waals surface area (Å²) in [7, 11) is 1.61. The van der Waals surface area contributed by atoms with Crippen molar-refractivity contribution in [2.45, 2.75) is 38.3 Å². The summed E-state index contributed by atoms with van der Waals surface area (Å²) in [6.07, 6.45) is 4.12. The SMILES string of the molecule is COc1ccc2[nH]c(=O)c(CN(C(=O)Nc3ccccc3)C3CCCC3)cc2c1. The Morgan fingerprint density at radius 2 is 1.90 bits per heavy atom. The van der Waals surface area contributed by atoms with E-state index in [-0.39, 0.29) is 24.2 Å². The fourth-order valence-corrected chi connectivity index (χ4v) is 3.96. The smallest absolute Gasteiger partial charge is 0.322 e. The van der Waals surface area contributed by atoms with Gasteiger partial charge in [0, 0.05) is 28.2 Å². The van der Waals surface area contributed by atoms with Crippen LogP contribution in [0.15, 0.2) is 59.4 Å². The molecule has 1 saturated carbocycles. The molecule has 0 bridgehead atoms. The Morgan fingerprint density at radius 1 is 1.14 bits per heavy atom. The van der Waals surface area contributed by atoms with Crippen LogP contribution in [0.1, 0.15) is 31.2 Å². The molecule has 6 heteroatoms. The zero-order valence-electron chi connectivity index (χ0n) is 16.5. The lowest BCUT2D eigenvalue weighted by atomic mass is 10.1. The normalized spacial score (nSPS) is 14.1. The Morgan fingerprint density at radius 3 is 2.62 bits per heavy atom. The van der Waals surface area contributed by atoms with E-state index in [1.807, 2.05) is 54.6 Å². The van der Waals surface area contributed by atoms with Crippen LogP contribution in [0.2, 0.25) is 0 Å². The number of pyridine rings is 1. The largest absolute Gasteiger partial charge is 0.497 e. The van der Waals surface area contributed by atoms with Gasteiger partial charge in [-0.05, 0) is 49.2 Å². The maximum absolute atomic E-state index is 13.1. The van der Waals surface area contributed by atoms with E-state index >= 15 is 0 Å². The van der Waals surface area contributed by atoms with Crippen molar-refractivity contribution >= 4 is 22.6 Å². The van der Waals surface area contributed by atoms with Gasteiger partial charge in [-0.25, -0.2) is 4.79 Å². The third-order valence-electron chi connectivity index (χ3n) is 5.52. The van der Waals surface area contributed by atoms with Crippen LogP contribution in [0.25, 0.3) is 10.9 Å². The van der Waals surface area contributed by atoms with E-state index in [0.717, 1.165) is 48.0 Å². The minimum Gasteiger partial charge on any atom is -0.497 e. The number of urea groups is 1. The van der Waals surface area contributed by atoms with Gasteiger partial charge in [0.2, 0.25) is 0 Å². The zero-order valence-corrected chi connectivity index (χ0v) is 16.5. The summed E-state index contributed by atoms with van der Waals surface area (Å²) in [5, 5.41) is 3.85. The van der Waals surface area contributed by atoms with Crippen LogP contribution >= 0.6 is 0 Å². The number of benzene rings is 2. The topological polar surface area (TPSA) is 74.4 Å². The predicted octanol–water partition coefficient (Wildman–Crippen LogP) is 4.51. The average Bonchev–Trinajstić information content (AvgIpc) is 3.27. The Kier molecular flexibility index (Phi) is 5.51. The average molecular weight is 391 g/mol. The van der Waals surface area contributed by atoms with Crippen molar-refractivity contribution in [3.05, 3.63) is 70.5 Å². The highest BCUT2D eigenvalue weighted by Crippen LogP contribution is 2.26. The molecule has 1 aliphatic carbocycles. The monoisotopic (exact) mass is 391 g/mol. The zero-order chi connectivity index (χ0) is 20.2. The molecule has 4 rings (SSSR count). The first-order chi connectivity index (χ1) is 14.1. The molecular weight excluding hydrogens is 366 g/mol. The molecule has 150 valence electrons. The van der Waals surface area contributed by atoms with Crippen molar-refractivity contribution in [2.75, 3.05) is 12.4 Å². The number of para-hydroxylation sites is 1. The van der Waals surface area contributed by atoms with Gasteiger partial charge in [0.15, 0.2) is 0 Å². The fourth-order valence-electron chi connectivity index (χ4n) is 3.96. The molecule has 2 N–H and O–H groups in total. The van der Waals surface area contributed by atoms with E-state index in [1.54, 1.807) is 12.0 Å². The minimum atomic E-state index is -0.173. The van der Waals surface area contributed by atoms with Gasteiger partial charge in [0.1, 0.15) is 5.75 Å². The lowest BCUT2D eigenvalue weighted by Gasteiger charge is -2.29. The molecule has 0 radical (unpaired) electrons. The number of fused-ring (bicyclic) bond motifs is 1.